The molecule has 0 aliphatic carbocycles. The first-order valence-corrected chi connectivity index (χ1v) is 13.3. The number of sulfone groups is 1. The molecule has 16 nitrogen and oxygen atoms in total. The summed E-state index contributed by atoms with van der Waals surface area (Å²) < 4.78 is 39.1. The molecule has 0 aromatic rings. The van der Waals surface area contributed by atoms with Gasteiger partial charge in [-0.2, -0.15) is 0 Å². The molecule has 216 valence electrons. The molecule has 0 bridgehead atoms. The van der Waals surface area contributed by atoms with Crippen LogP contribution in [0.25, 0.3) is 0 Å². The third-order valence-corrected chi connectivity index (χ3v) is 5.68. The predicted octanol–water partition coefficient (Wildman–Crippen LogP) is 0.411. The molecule has 2 N–H and O–H groups in total. The Morgan fingerprint density at radius 1 is 0.921 bits per heavy atom. The van der Waals surface area contributed by atoms with E-state index in [1.807, 2.05) is 0 Å². The summed E-state index contributed by atoms with van der Waals surface area (Å²) in [5.74, 6) is -3.44. The molecular formula is C21H34N4O12S. The number of hydrazine groups is 1. The quantitative estimate of drug-likeness (QED) is 0.169. The molecule has 0 radical (unpaired) electrons. The highest BCUT2D eigenvalue weighted by Crippen LogP contribution is 2.13. The number of imide groups is 1. The Morgan fingerprint density at radius 2 is 1.47 bits per heavy atom. The van der Waals surface area contributed by atoms with E-state index in [2.05, 4.69) is 20.3 Å². The summed E-state index contributed by atoms with van der Waals surface area (Å²) in [5, 5.41) is 3.13. The summed E-state index contributed by atoms with van der Waals surface area (Å²) in [6.45, 7) is 7.83. The van der Waals surface area contributed by atoms with Gasteiger partial charge in [-0.3, -0.25) is 19.2 Å². The number of ether oxygens (including phenoxy) is 3. The molecule has 1 fully saturated rings. The number of carbonyl (C=O) groups is 6. The van der Waals surface area contributed by atoms with Gasteiger partial charge in [0.2, 0.25) is 5.91 Å². The topological polar surface area (TPSA) is 204 Å². The first-order valence-electron chi connectivity index (χ1n) is 11.5. The van der Waals surface area contributed by atoms with Crippen molar-refractivity contribution in [2.75, 3.05) is 31.2 Å². The SMILES string of the molecule is CC(C)(C)OC(=O)NN(CC(=O)NCCS(=O)(=O)CCOC(=O)ON1C(=O)CCC1=O)C(=O)OC(C)(C)C. The third-order valence-electron chi connectivity index (χ3n) is 4.06. The zero-order valence-electron chi connectivity index (χ0n) is 22.2. The standard InChI is InChI=1S/C21H34N4O12S/c1-20(2,3)35-17(29)23-24(18(30)36-21(4,5)6)13-14(26)22-9-11-38(32,33)12-10-34-19(31)37-25-15(27)7-8-16(25)28/h7-13H2,1-6H3,(H,22,26)(H,23,29). The maximum atomic E-state index is 12.4. The Labute approximate surface area is 220 Å². The van der Waals surface area contributed by atoms with E-state index in [9.17, 15) is 37.2 Å². The highest BCUT2D eigenvalue weighted by Gasteiger charge is 2.33. The van der Waals surface area contributed by atoms with E-state index in [1.165, 1.54) is 0 Å². The van der Waals surface area contributed by atoms with Gasteiger partial charge in [0.15, 0.2) is 9.84 Å². The number of hydrogen-bond donors (Lipinski definition) is 2. The molecule has 1 rings (SSSR count). The second-order valence-electron chi connectivity index (χ2n) is 9.95. The van der Waals surface area contributed by atoms with E-state index < -0.39 is 81.8 Å². The maximum absolute atomic E-state index is 12.4. The van der Waals surface area contributed by atoms with E-state index in [-0.39, 0.29) is 24.4 Å². The van der Waals surface area contributed by atoms with E-state index in [4.69, 9.17) is 9.47 Å². The van der Waals surface area contributed by atoms with Crippen LogP contribution in [0.2, 0.25) is 0 Å². The summed E-state index contributed by atoms with van der Waals surface area (Å²) in [4.78, 5) is 75.6. The second kappa shape index (κ2) is 13.3. The van der Waals surface area contributed by atoms with Gasteiger partial charge in [0, 0.05) is 19.4 Å². The fourth-order valence-corrected chi connectivity index (χ4v) is 3.49. The Balaban J connectivity index is 2.53. The van der Waals surface area contributed by atoms with E-state index in [1.54, 1.807) is 41.5 Å². The van der Waals surface area contributed by atoms with Crippen molar-refractivity contribution in [1.82, 2.24) is 20.8 Å². The average Bonchev–Trinajstić information content (AvgIpc) is 3.02. The molecule has 0 aromatic carbocycles. The molecule has 0 saturated carbocycles. The fraction of sp³-hybridized carbons (Fsp3) is 0.714. The molecule has 1 saturated heterocycles. The van der Waals surface area contributed by atoms with Crippen molar-refractivity contribution in [2.24, 2.45) is 0 Å². The average molecular weight is 567 g/mol. The highest BCUT2D eigenvalue weighted by atomic mass is 32.2. The van der Waals surface area contributed by atoms with Crippen molar-refractivity contribution >= 4 is 45.9 Å². The number of hydrogen-bond acceptors (Lipinski definition) is 12. The van der Waals surface area contributed by atoms with Gasteiger partial charge in [0.05, 0.1) is 11.5 Å². The lowest BCUT2D eigenvalue weighted by molar-refractivity contribution is -0.176. The molecule has 1 heterocycles. The number of nitrogens with zero attached hydrogens (tertiary/aromatic N) is 2. The molecule has 0 aromatic heterocycles. The number of carbonyl (C=O) groups excluding carboxylic acids is 6. The lowest BCUT2D eigenvalue weighted by Crippen LogP contribution is -2.53. The van der Waals surface area contributed by atoms with Gasteiger partial charge in [0.25, 0.3) is 11.8 Å². The van der Waals surface area contributed by atoms with Crippen molar-refractivity contribution in [2.45, 2.75) is 65.6 Å². The summed E-state index contributed by atoms with van der Waals surface area (Å²) >= 11 is 0. The van der Waals surface area contributed by atoms with E-state index in [0.717, 1.165) is 0 Å². The molecule has 0 atom stereocenters. The van der Waals surface area contributed by atoms with Crippen LogP contribution < -0.4 is 10.7 Å². The van der Waals surface area contributed by atoms with Crippen LogP contribution in [0.3, 0.4) is 0 Å². The zero-order valence-corrected chi connectivity index (χ0v) is 23.0. The van der Waals surface area contributed by atoms with E-state index >= 15 is 0 Å². The van der Waals surface area contributed by atoms with Crippen LogP contribution in [0.15, 0.2) is 0 Å². The minimum Gasteiger partial charge on any atom is -0.443 e. The number of rotatable bonds is 9. The minimum absolute atomic E-state index is 0.112. The van der Waals surface area contributed by atoms with Gasteiger partial charge in [-0.25, -0.2) is 33.2 Å². The van der Waals surface area contributed by atoms with Gasteiger partial charge in [0.1, 0.15) is 24.4 Å². The van der Waals surface area contributed by atoms with Gasteiger partial charge in [-0.15, -0.1) is 0 Å². The summed E-state index contributed by atoms with van der Waals surface area (Å²) in [6, 6.07) is 0. The van der Waals surface area contributed by atoms with Crippen molar-refractivity contribution in [3.05, 3.63) is 0 Å². The van der Waals surface area contributed by atoms with Gasteiger partial charge >= 0.3 is 18.3 Å². The first kappa shape index (κ1) is 32.4. The van der Waals surface area contributed by atoms with Gasteiger partial charge in [-0.1, -0.05) is 5.06 Å². The monoisotopic (exact) mass is 566 g/mol. The lowest BCUT2D eigenvalue weighted by Gasteiger charge is -2.28. The lowest BCUT2D eigenvalue weighted by atomic mass is 10.2. The predicted molar refractivity (Wildman–Crippen MR) is 127 cm³/mol. The summed E-state index contributed by atoms with van der Waals surface area (Å²) in [5.41, 5.74) is 0.290. The molecule has 38 heavy (non-hydrogen) atoms. The van der Waals surface area contributed by atoms with Crippen LogP contribution in [0.1, 0.15) is 54.4 Å². The highest BCUT2D eigenvalue weighted by molar-refractivity contribution is 7.91. The molecular weight excluding hydrogens is 532 g/mol. The van der Waals surface area contributed by atoms with Crippen LogP contribution in [0, 0.1) is 0 Å². The summed E-state index contributed by atoms with van der Waals surface area (Å²) in [7, 11) is -3.82. The Hall–Kier alpha value is -3.63. The van der Waals surface area contributed by atoms with Crippen molar-refractivity contribution < 1.29 is 56.2 Å². The van der Waals surface area contributed by atoms with Crippen LogP contribution in [0.4, 0.5) is 14.4 Å². The smallest absolute Gasteiger partial charge is 0.443 e. The normalized spacial score (nSPS) is 14.0. The van der Waals surface area contributed by atoms with Crippen molar-refractivity contribution in [3.63, 3.8) is 0 Å². The third kappa shape index (κ3) is 13.1. The zero-order chi connectivity index (χ0) is 29.3. The second-order valence-corrected chi connectivity index (χ2v) is 12.3. The molecule has 1 aliphatic rings. The summed E-state index contributed by atoms with van der Waals surface area (Å²) in [6.07, 6.45) is -3.71. The van der Waals surface area contributed by atoms with Crippen molar-refractivity contribution in [1.29, 1.82) is 0 Å². The molecule has 0 unspecified atom stereocenters. The molecule has 5 amide bonds. The van der Waals surface area contributed by atoms with Gasteiger partial charge in [-0.05, 0) is 41.5 Å². The number of amides is 5. The fourth-order valence-electron chi connectivity index (χ4n) is 2.54. The van der Waals surface area contributed by atoms with Crippen molar-refractivity contribution in [3.8, 4) is 0 Å². The molecule has 17 heteroatoms. The van der Waals surface area contributed by atoms with Crippen LogP contribution in [-0.4, -0.2) is 97.0 Å². The Bertz CT molecular complexity index is 1010. The Kier molecular flexibility index (Phi) is 11.3. The first-order chi connectivity index (χ1) is 17.3. The van der Waals surface area contributed by atoms with E-state index in [0.29, 0.717) is 5.01 Å². The van der Waals surface area contributed by atoms with Crippen LogP contribution in [0.5, 0.6) is 0 Å². The number of nitrogens with one attached hydrogen (secondary N) is 2. The minimum atomic E-state index is -3.82. The number of hydroxylamine groups is 2. The largest absolute Gasteiger partial charge is 0.533 e. The van der Waals surface area contributed by atoms with Crippen LogP contribution >= 0.6 is 0 Å². The molecule has 0 spiro atoms. The van der Waals surface area contributed by atoms with Gasteiger partial charge < -0.3 is 19.5 Å². The maximum Gasteiger partial charge on any atom is 0.533 e. The van der Waals surface area contributed by atoms with Crippen LogP contribution in [-0.2, 0) is 43.3 Å². The molecule has 1 aliphatic heterocycles. The Morgan fingerprint density at radius 3 is 2.00 bits per heavy atom.